The lowest BCUT2D eigenvalue weighted by Gasteiger charge is -2.19. The summed E-state index contributed by atoms with van der Waals surface area (Å²) in [4.78, 5) is 5.69. The van der Waals surface area contributed by atoms with Crippen LogP contribution < -0.4 is 5.32 Å². The van der Waals surface area contributed by atoms with Gasteiger partial charge < -0.3 is 0 Å². The number of hydrogen-bond acceptors (Lipinski definition) is 3. The first-order valence-corrected chi connectivity index (χ1v) is 4.60. The quantitative estimate of drug-likeness (QED) is 0.637. The molecule has 0 aromatic heterocycles. The zero-order valence-corrected chi connectivity index (χ0v) is 6.88. The molecule has 0 radical (unpaired) electrons. The van der Waals surface area contributed by atoms with Crippen LogP contribution in [-0.4, -0.2) is 30.9 Å². The molecule has 0 spiro atoms. The highest BCUT2D eigenvalue weighted by Crippen LogP contribution is 2.13. The topological polar surface area (TPSA) is 24.5 Å². The van der Waals surface area contributed by atoms with Gasteiger partial charge in [0.05, 0.1) is 0 Å². The monoisotopic (exact) mass is 156 g/mol. The SMILES string of the molecule is C1CNC(ON2CCCC2)C1. The van der Waals surface area contributed by atoms with E-state index in [1.54, 1.807) is 0 Å². The fourth-order valence-electron chi connectivity index (χ4n) is 1.72. The highest BCUT2D eigenvalue weighted by atomic mass is 16.7. The van der Waals surface area contributed by atoms with Gasteiger partial charge in [0.15, 0.2) is 0 Å². The molecule has 0 bridgehead atoms. The van der Waals surface area contributed by atoms with E-state index in [2.05, 4.69) is 10.4 Å². The summed E-state index contributed by atoms with van der Waals surface area (Å²) in [6, 6.07) is 0. The molecule has 0 amide bonds. The Hall–Kier alpha value is -0.120. The van der Waals surface area contributed by atoms with Gasteiger partial charge in [-0.25, -0.2) is 0 Å². The maximum Gasteiger partial charge on any atom is 0.129 e. The smallest absolute Gasteiger partial charge is 0.129 e. The Balaban J connectivity index is 1.71. The summed E-state index contributed by atoms with van der Waals surface area (Å²) in [6.45, 7) is 3.37. The minimum absolute atomic E-state index is 0.313. The van der Waals surface area contributed by atoms with E-state index in [9.17, 15) is 0 Å². The van der Waals surface area contributed by atoms with E-state index in [0.717, 1.165) is 19.6 Å². The second kappa shape index (κ2) is 3.52. The van der Waals surface area contributed by atoms with Crippen molar-refractivity contribution in [2.45, 2.75) is 31.9 Å². The highest BCUT2D eigenvalue weighted by molar-refractivity contribution is 4.66. The number of hydroxylamine groups is 2. The van der Waals surface area contributed by atoms with Crippen LogP contribution in [0.25, 0.3) is 0 Å². The number of nitrogens with zero attached hydrogens (tertiary/aromatic N) is 1. The van der Waals surface area contributed by atoms with Crippen LogP contribution in [0.4, 0.5) is 0 Å². The lowest BCUT2D eigenvalue weighted by atomic mass is 10.4. The number of hydrogen-bond donors (Lipinski definition) is 1. The molecule has 2 saturated heterocycles. The van der Waals surface area contributed by atoms with Crippen molar-refractivity contribution in [3.63, 3.8) is 0 Å². The Morgan fingerprint density at radius 3 is 2.64 bits per heavy atom. The van der Waals surface area contributed by atoms with Crippen molar-refractivity contribution in [1.82, 2.24) is 10.4 Å². The van der Waals surface area contributed by atoms with E-state index < -0.39 is 0 Å². The summed E-state index contributed by atoms with van der Waals surface area (Å²) in [7, 11) is 0. The molecule has 1 atom stereocenters. The van der Waals surface area contributed by atoms with Gasteiger partial charge in [0.1, 0.15) is 6.23 Å². The first-order chi connectivity index (χ1) is 5.45. The zero-order chi connectivity index (χ0) is 7.52. The maximum absolute atomic E-state index is 5.69. The van der Waals surface area contributed by atoms with Crippen LogP contribution in [0.5, 0.6) is 0 Å². The predicted molar refractivity (Wildman–Crippen MR) is 42.9 cm³/mol. The molecule has 2 heterocycles. The second-order valence-corrected chi connectivity index (χ2v) is 3.33. The van der Waals surface area contributed by atoms with Crippen LogP contribution in [0.15, 0.2) is 0 Å². The third kappa shape index (κ3) is 1.92. The Morgan fingerprint density at radius 2 is 2.00 bits per heavy atom. The molecule has 64 valence electrons. The van der Waals surface area contributed by atoms with Crippen LogP contribution in [0.1, 0.15) is 25.7 Å². The van der Waals surface area contributed by atoms with Gasteiger partial charge in [0, 0.05) is 13.1 Å². The zero-order valence-electron chi connectivity index (χ0n) is 6.88. The maximum atomic E-state index is 5.69. The summed E-state index contributed by atoms with van der Waals surface area (Å²) in [5, 5.41) is 5.42. The van der Waals surface area contributed by atoms with E-state index >= 15 is 0 Å². The van der Waals surface area contributed by atoms with Gasteiger partial charge in [-0.1, -0.05) is 0 Å². The largest absolute Gasteiger partial charge is 0.290 e. The summed E-state index contributed by atoms with van der Waals surface area (Å²) < 4.78 is 0. The molecule has 0 aliphatic carbocycles. The van der Waals surface area contributed by atoms with Crippen molar-refractivity contribution in [3.8, 4) is 0 Å². The molecule has 11 heavy (non-hydrogen) atoms. The molecule has 1 N–H and O–H groups in total. The van der Waals surface area contributed by atoms with Gasteiger partial charge in [-0.2, -0.15) is 5.06 Å². The van der Waals surface area contributed by atoms with Gasteiger partial charge in [-0.05, 0) is 32.2 Å². The Labute approximate surface area is 67.7 Å². The van der Waals surface area contributed by atoms with E-state index in [-0.39, 0.29) is 0 Å². The standard InChI is InChI=1S/C8H16N2O/c1-2-7-10(6-1)11-8-4-3-5-9-8/h8-9H,1-7H2. The molecule has 0 saturated carbocycles. The fourth-order valence-corrected chi connectivity index (χ4v) is 1.72. The van der Waals surface area contributed by atoms with Crippen molar-refractivity contribution in [3.05, 3.63) is 0 Å². The van der Waals surface area contributed by atoms with Crippen molar-refractivity contribution >= 4 is 0 Å². The molecule has 0 aromatic rings. The lowest BCUT2D eigenvalue weighted by molar-refractivity contribution is -0.188. The Kier molecular flexibility index (Phi) is 2.41. The second-order valence-electron chi connectivity index (χ2n) is 3.33. The van der Waals surface area contributed by atoms with E-state index in [1.807, 2.05) is 0 Å². The third-order valence-electron chi connectivity index (χ3n) is 2.36. The Bertz CT molecular complexity index is 103. The van der Waals surface area contributed by atoms with Crippen LogP contribution in [-0.2, 0) is 4.84 Å². The first-order valence-electron chi connectivity index (χ1n) is 4.60. The fraction of sp³-hybridized carbons (Fsp3) is 1.00. The molecule has 0 aromatic carbocycles. The molecule has 1 unspecified atom stereocenters. The van der Waals surface area contributed by atoms with Gasteiger partial charge in [-0.15, -0.1) is 0 Å². The molecule has 2 aliphatic heterocycles. The van der Waals surface area contributed by atoms with E-state index in [1.165, 1.54) is 25.7 Å². The molecule has 2 rings (SSSR count). The van der Waals surface area contributed by atoms with Gasteiger partial charge >= 0.3 is 0 Å². The van der Waals surface area contributed by atoms with Crippen LogP contribution >= 0.6 is 0 Å². The highest BCUT2D eigenvalue weighted by Gasteiger charge is 2.20. The minimum atomic E-state index is 0.313. The van der Waals surface area contributed by atoms with Gasteiger partial charge in [0.25, 0.3) is 0 Å². The van der Waals surface area contributed by atoms with E-state index in [0.29, 0.717) is 6.23 Å². The van der Waals surface area contributed by atoms with Crippen molar-refractivity contribution in [1.29, 1.82) is 0 Å². The lowest BCUT2D eigenvalue weighted by Crippen LogP contribution is -2.33. The molecular weight excluding hydrogens is 140 g/mol. The van der Waals surface area contributed by atoms with Crippen LogP contribution in [0.2, 0.25) is 0 Å². The van der Waals surface area contributed by atoms with Crippen molar-refractivity contribution < 1.29 is 4.84 Å². The summed E-state index contributed by atoms with van der Waals surface area (Å²) in [6.07, 6.45) is 5.35. The average molecular weight is 156 g/mol. The van der Waals surface area contributed by atoms with Gasteiger partial charge in [0.2, 0.25) is 0 Å². The number of rotatable bonds is 2. The van der Waals surface area contributed by atoms with Crippen LogP contribution in [0.3, 0.4) is 0 Å². The Morgan fingerprint density at radius 1 is 1.18 bits per heavy atom. The molecule has 2 aliphatic rings. The molecule has 3 heteroatoms. The average Bonchev–Trinajstić information content (AvgIpc) is 2.60. The van der Waals surface area contributed by atoms with E-state index in [4.69, 9.17) is 4.84 Å². The molecule has 2 fully saturated rings. The minimum Gasteiger partial charge on any atom is -0.290 e. The third-order valence-corrected chi connectivity index (χ3v) is 2.36. The predicted octanol–water partition coefficient (Wildman–Crippen LogP) is 0.723. The van der Waals surface area contributed by atoms with Gasteiger partial charge in [-0.3, -0.25) is 10.2 Å². The normalized spacial score (nSPS) is 33.3. The first kappa shape index (κ1) is 7.53. The molecule has 3 nitrogen and oxygen atoms in total. The molecular formula is C8H16N2O. The van der Waals surface area contributed by atoms with Crippen molar-refractivity contribution in [2.24, 2.45) is 0 Å². The summed E-state index contributed by atoms with van der Waals surface area (Å²) in [5.74, 6) is 0. The summed E-state index contributed by atoms with van der Waals surface area (Å²) in [5.41, 5.74) is 0. The van der Waals surface area contributed by atoms with Crippen LogP contribution in [0, 0.1) is 0 Å². The summed E-state index contributed by atoms with van der Waals surface area (Å²) >= 11 is 0. The number of nitrogens with one attached hydrogen (secondary N) is 1. The van der Waals surface area contributed by atoms with Crippen molar-refractivity contribution in [2.75, 3.05) is 19.6 Å².